The Morgan fingerprint density at radius 1 is 1.07 bits per heavy atom. The van der Waals surface area contributed by atoms with E-state index in [1.165, 1.54) is 0 Å². The van der Waals surface area contributed by atoms with E-state index in [-0.39, 0.29) is 0 Å². The number of para-hydroxylation sites is 1. The van der Waals surface area contributed by atoms with Crippen LogP contribution in [0.4, 0.5) is 11.5 Å². The fourth-order valence-electron chi connectivity index (χ4n) is 3.41. The lowest BCUT2D eigenvalue weighted by molar-refractivity contribution is 0.225. The van der Waals surface area contributed by atoms with E-state index >= 15 is 0 Å². The van der Waals surface area contributed by atoms with Gasteiger partial charge in [0.2, 0.25) is 0 Å². The first kappa shape index (κ1) is 19.5. The number of aromatic nitrogens is 3. The van der Waals surface area contributed by atoms with E-state index in [0.717, 1.165) is 45.1 Å². The van der Waals surface area contributed by atoms with Gasteiger partial charge in [0.15, 0.2) is 0 Å². The molecule has 0 unspecified atom stereocenters. The summed E-state index contributed by atoms with van der Waals surface area (Å²) in [5.41, 5.74) is 7.29. The molecule has 2 heterocycles. The summed E-state index contributed by atoms with van der Waals surface area (Å²) < 4.78 is 0. The maximum absolute atomic E-state index is 8.96. The van der Waals surface area contributed by atoms with Crippen molar-refractivity contribution in [3.8, 4) is 0 Å². The first-order valence-electron chi connectivity index (χ1n) is 9.65. The molecule has 0 atom stereocenters. The monoisotopic (exact) mass is 397 g/mol. The average molecular weight is 397 g/mol. The SMILES string of the molecule is C=C(NO)c1ccc(Cc2cccc(N(C)c3nc(C)nc4ccccc34)c2)nc1. The molecule has 0 spiro atoms. The fourth-order valence-corrected chi connectivity index (χ4v) is 3.41. The van der Waals surface area contributed by atoms with Crippen LogP contribution in [-0.2, 0) is 6.42 Å². The zero-order valence-electron chi connectivity index (χ0n) is 17.0. The molecule has 4 aromatic rings. The topological polar surface area (TPSA) is 74.2 Å². The predicted octanol–water partition coefficient (Wildman–Crippen LogP) is 4.64. The number of benzene rings is 2. The van der Waals surface area contributed by atoms with Crippen LogP contribution in [0.3, 0.4) is 0 Å². The van der Waals surface area contributed by atoms with Crippen LogP contribution in [0.25, 0.3) is 16.6 Å². The van der Waals surface area contributed by atoms with Gasteiger partial charge in [0, 0.05) is 42.0 Å². The maximum Gasteiger partial charge on any atom is 0.144 e. The second-order valence-corrected chi connectivity index (χ2v) is 7.15. The second kappa shape index (κ2) is 8.31. The summed E-state index contributed by atoms with van der Waals surface area (Å²) in [5.74, 6) is 1.63. The lowest BCUT2D eigenvalue weighted by Crippen LogP contribution is -2.13. The lowest BCUT2D eigenvalue weighted by atomic mass is 10.1. The van der Waals surface area contributed by atoms with Crippen molar-refractivity contribution in [2.75, 3.05) is 11.9 Å². The molecule has 0 aliphatic heterocycles. The summed E-state index contributed by atoms with van der Waals surface area (Å²) in [6.45, 7) is 5.64. The molecule has 0 aliphatic rings. The highest BCUT2D eigenvalue weighted by molar-refractivity contribution is 5.91. The van der Waals surface area contributed by atoms with E-state index in [1.54, 1.807) is 6.20 Å². The van der Waals surface area contributed by atoms with Gasteiger partial charge in [0.05, 0.1) is 11.2 Å². The third-order valence-electron chi connectivity index (χ3n) is 5.00. The highest BCUT2D eigenvalue weighted by Gasteiger charge is 2.12. The number of anilines is 2. The number of fused-ring (bicyclic) bond motifs is 1. The van der Waals surface area contributed by atoms with Crippen molar-refractivity contribution in [2.24, 2.45) is 0 Å². The smallest absolute Gasteiger partial charge is 0.144 e. The van der Waals surface area contributed by atoms with Crippen LogP contribution in [0.2, 0.25) is 0 Å². The van der Waals surface area contributed by atoms with Crippen LogP contribution in [0, 0.1) is 6.92 Å². The molecule has 0 fully saturated rings. The van der Waals surface area contributed by atoms with Gasteiger partial charge in [-0.2, -0.15) is 0 Å². The number of hydrogen-bond acceptors (Lipinski definition) is 6. The average Bonchev–Trinajstić information content (AvgIpc) is 2.78. The molecule has 30 heavy (non-hydrogen) atoms. The van der Waals surface area contributed by atoms with Gasteiger partial charge in [-0.3, -0.25) is 15.7 Å². The number of pyridine rings is 1. The van der Waals surface area contributed by atoms with Gasteiger partial charge in [-0.15, -0.1) is 0 Å². The van der Waals surface area contributed by atoms with Crippen LogP contribution in [0.5, 0.6) is 0 Å². The molecule has 0 saturated heterocycles. The number of hydrogen-bond donors (Lipinski definition) is 2. The summed E-state index contributed by atoms with van der Waals surface area (Å²) >= 11 is 0. The van der Waals surface area contributed by atoms with Crippen molar-refractivity contribution in [3.63, 3.8) is 0 Å². The van der Waals surface area contributed by atoms with E-state index in [9.17, 15) is 0 Å². The van der Waals surface area contributed by atoms with Crippen LogP contribution in [0.1, 0.15) is 22.6 Å². The summed E-state index contributed by atoms with van der Waals surface area (Å²) in [5, 5.41) is 9.98. The Labute approximate surface area is 175 Å². The quantitative estimate of drug-likeness (QED) is 0.462. The molecule has 2 N–H and O–H groups in total. The van der Waals surface area contributed by atoms with Crippen LogP contribution < -0.4 is 10.4 Å². The van der Waals surface area contributed by atoms with E-state index in [0.29, 0.717) is 12.1 Å². The Bertz CT molecular complexity index is 1200. The molecule has 2 aromatic carbocycles. The fraction of sp³-hybridized carbons (Fsp3) is 0.125. The summed E-state index contributed by atoms with van der Waals surface area (Å²) in [4.78, 5) is 15.8. The highest BCUT2D eigenvalue weighted by atomic mass is 16.5. The molecule has 6 nitrogen and oxygen atoms in total. The molecule has 0 aliphatic carbocycles. The number of aryl methyl sites for hydroxylation is 1. The lowest BCUT2D eigenvalue weighted by Gasteiger charge is -2.21. The Morgan fingerprint density at radius 3 is 2.67 bits per heavy atom. The van der Waals surface area contributed by atoms with Crippen molar-refractivity contribution >= 4 is 28.1 Å². The third-order valence-corrected chi connectivity index (χ3v) is 5.00. The molecule has 0 amide bonds. The van der Waals surface area contributed by atoms with Gasteiger partial charge in [0.1, 0.15) is 11.6 Å². The minimum absolute atomic E-state index is 0.421. The summed E-state index contributed by atoms with van der Waals surface area (Å²) in [7, 11) is 2.02. The Hall–Kier alpha value is -3.77. The van der Waals surface area contributed by atoms with E-state index in [4.69, 9.17) is 10.2 Å². The van der Waals surface area contributed by atoms with E-state index in [1.807, 2.05) is 56.4 Å². The van der Waals surface area contributed by atoms with Gasteiger partial charge in [-0.1, -0.05) is 30.8 Å². The minimum Gasteiger partial charge on any atom is -0.329 e. The van der Waals surface area contributed by atoms with Crippen molar-refractivity contribution in [1.82, 2.24) is 20.4 Å². The van der Waals surface area contributed by atoms with Crippen molar-refractivity contribution in [3.05, 3.63) is 96.1 Å². The number of rotatable bonds is 6. The van der Waals surface area contributed by atoms with Crippen LogP contribution in [0.15, 0.2) is 73.4 Å². The molecule has 150 valence electrons. The Morgan fingerprint density at radius 2 is 1.90 bits per heavy atom. The van der Waals surface area contributed by atoms with Gasteiger partial charge >= 0.3 is 0 Å². The number of hydroxylamine groups is 1. The Kier molecular flexibility index (Phi) is 5.41. The zero-order chi connectivity index (χ0) is 21.1. The van der Waals surface area contributed by atoms with Crippen LogP contribution >= 0.6 is 0 Å². The largest absolute Gasteiger partial charge is 0.329 e. The molecule has 0 bridgehead atoms. The van der Waals surface area contributed by atoms with Crippen molar-refractivity contribution < 1.29 is 5.21 Å². The van der Waals surface area contributed by atoms with Gasteiger partial charge in [-0.05, 0) is 48.9 Å². The normalized spacial score (nSPS) is 10.8. The highest BCUT2D eigenvalue weighted by Crippen LogP contribution is 2.29. The van der Waals surface area contributed by atoms with Crippen LogP contribution in [-0.4, -0.2) is 27.2 Å². The van der Waals surface area contributed by atoms with Gasteiger partial charge in [-0.25, -0.2) is 9.97 Å². The van der Waals surface area contributed by atoms with Gasteiger partial charge < -0.3 is 4.90 Å². The van der Waals surface area contributed by atoms with E-state index in [2.05, 4.69) is 45.1 Å². The van der Waals surface area contributed by atoms with Gasteiger partial charge in [0.25, 0.3) is 0 Å². The third kappa shape index (κ3) is 3.99. The van der Waals surface area contributed by atoms with E-state index < -0.39 is 0 Å². The molecule has 0 radical (unpaired) electrons. The van der Waals surface area contributed by atoms with Crippen molar-refractivity contribution in [1.29, 1.82) is 0 Å². The summed E-state index contributed by atoms with van der Waals surface area (Å²) in [6, 6.07) is 20.2. The molecule has 4 rings (SSSR count). The Balaban J connectivity index is 1.62. The molecule has 2 aromatic heterocycles. The predicted molar refractivity (Wildman–Crippen MR) is 120 cm³/mol. The zero-order valence-corrected chi connectivity index (χ0v) is 17.0. The second-order valence-electron chi connectivity index (χ2n) is 7.15. The molecule has 6 heteroatoms. The minimum atomic E-state index is 0.421. The number of nitrogens with one attached hydrogen (secondary N) is 1. The van der Waals surface area contributed by atoms with Crippen molar-refractivity contribution in [2.45, 2.75) is 13.3 Å². The molecular formula is C24H23N5O. The summed E-state index contributed by atoms with van der Waals surface area (Å²) in [6.07, 6.45) is 2.40. The molecular weight excluding hydrogens is 374 g/mol. The maximum atomic E-state index is 8.96. The first-order valence-corrected chi connectivity index (χ1v) is 9.65. The first-order chi connectivity index (χ1) is 14.5. The molecule has 0 saturated carbocycles. The number of nitrogens with zero attached hydrogens (tertiary/aromatic N) is 4. The standard InChI is InChI=1S/C24H23N5O/c1-16(28-30)19-11-12-20(25-15-19)13-18-7-6-8-21(14-18)29(3)24-22-9-4-5-10-23(22)26-17(2)27-24/h4-12,14-15,28,30H,1,13H2,2-3H3.